The van der Waals surface area contributed by atoms with Crippen LogP contribution in [0.15, 0.2) is 36.8 Å². The lowest BCUT2D eigenvalue weighted by Gasteiger charge is -2.31. The van der Waals surface area contributed by atoms with Crippen LogP contribution >= 0.6 is 0 Å². The van der Waals surface area contributed by atoms with Crippen molar-refractivity contribution in [1.82, 2.24) is 29.4 Å². The molecule has 2 fully saturated rings. The Bertz CT molecular complexity index is 1520. The van der Waals surface area contributed by atoms with Crippen LogP contribution in [0.3, 0.4) is 0 Å². The normalized spacial score (nSPS) is 19.1. The molecule has 3 heterocycles. The Balaban J connectivity index is 1.34. The zero-order chi connectivity index (χ0) is 29.6. The van der Waals surface area contributed by atoms with E-state index in [9.17, 15) is 21.6 Å². The number of piperidine rings is 1. The van der Waals surface area contributed by atoms with E-state index in [0.29, 0.717) is 44.5 Å². The minimum Gasteiger partial charge on any atom is -0.351 e. The van der Waals surface area contributed by atoms with Crippen LogP contribution in [-0.4, -0.2) is 63.8 Å². The zero-order valence-corrected chi connectivity index (χ0v) is 21.5. The lowest BCUT2D eigenvalue weighted by Crippen LogP contribution is -2.43. The van der Waals surface area contributed by atoms with E-state index in [0.717, 1.165) is 17.3 Å². The number of nitrogens with one attached hydrogen (secondary N) is 2. The summed E-state index contributed by atoms with van der Waals surface area (Å²) in [6.07, 6.45) is 1.14. The van der Waals surface area contributed by atoms with Gasteiger partial charge in [-0.3, -0.25) is 0 Å². The molecule has 204 valence electrons. The molecule has 0 atom stereocenters. The summed E-state index contributed by atoms with van der Waals surface area (Å²) in [5.74, 6) is 0.0199. The van der Waals surface area contributed by atoms with Crippen molar-refractivity contribution in [1.29, 1.82) is 0 Å². The molecule has 0 unspecified atom stereocenters. The van der Waals surface area contributed by atoms with Crippen LogP contribution in [0.1, 0.15) is 46.5 Å². The number of benzene rings is 1. The maximum Gasteiger partial charge on any atom is 0.419 e. The van der Waals surface area contributed by atoms with Crippen molar-refractivity contribution < 1.29 is 25.7 Å². The first kappa shape index (κ1) is 22.9. The fourth-order valence-electron chi connectivity index (χ4n) is 4.66. The summed E-state index contributed by atoms with van der Waals surface area (Å²) in [5, 5.41) is 9.50. The van der Waals surface area contributed by atoms with Gasteiger partial charge in [0.1, 0.15) is 5.56 Å². The molecular weight excluding hydrogens is 519 g/mol. The largest absolute Gasteiger partial charge is 0.419 e. The zero-order valence-electron chi connectivity index (χ0n) is 23.7. The molecule has 1 aliphatic carbocycles. The number of anilines is 1. The van der Waals surface area contributed by atoms with Crippen molar-refractivity contribution in [3.8, 4) is 16.9 Å². The Labute approximate surface area is 223 Å². The first-order valence-electron chi connectivity index (χ1n) is 13.8. The van der Waals surface area contributed by atoms with E-state index >= 15 is 0 Å². The molecule has 1 aliphatic heterocycles. The number of aryl methyl sites for hydroxylation is 1. The highest BCUT2D eigenvalue weighted by Gasteiger charge is 2.41. The van der Waals surface area contributed by atoms with Crippen molar-refractivity contribution in [3.63, 3.8) is 0 Å². The summed E-state index contributed by atoms with van der Waals surface area (Å²) in [6, 6.07) is 5.03. The molecule has 1 aromatic carbocycles. The van der Waals surface area contributed by atoms with E-state index in [-0.39, 0.29) is 35.0 Å². The highest BCUT2D eigenvalue weighted by molar-refractivity contribution is 7.90. The average Bonchev–Trinajstić information content (AvgIpc) is 3.65. The van der Waals surface area contributed by atoms with Gasteiger partial charge in [0, 0.05) is 47.7 Å². The fourth-order valence-corrected chi connectivity index (χ4v) is 6.53. The number of hydrogen-bond donors (Lipinski definition) is 2. The topological polar surface area (TPSA) is 105 Å². The monoisotopic (exact) mass is 552 g/mol. The molecule has 0 radical (unpaired) electrons. The number of rotatable bonds is 8. The molecule has 2 aliphatic rings. The van der Waals surface area contributed by atoms with Crippen molar-refractivity contribution in [3.05, 3.63) is 53.5 Å². The minimum atomic E-state index is -4.70. The summed E-state index contributed by atoms with van der Waals surface area (Å²) < 4.78 is 91.5. The number of hydrogen-bond acceptors (Lipinski definition) is 7. The average molecular weight is 553 g/mol. The van der Waals surface area contributed by atoms with Gasteiger partial charge in [-0.1, -0.05) is 12.1 Å². The smallest absolute Gasteiger partial charge is 0.351 e. The molecule has 0 bridgehead atoms. The lowest BCUT2D eigenvalue weighted by molar-refractivity contribution is -0.137. The SMILES string of the molecule is [2H]C([2H])([2H])NCc1ccc(-n2cc(-c3nc(NC4CCN(S(=O)(=O)C5CC5)CC4)ncc3C(F)(F)F)cn2)c(C)c1. The van der Waals surface area contributed by atoms with Gasteiger partial charge in [-0.05, 0) is 56.8 Å². The van der Waals surface area contributed by atoms with Gasteiger partial charge in [-0.25, -0.2) is 27.4 Å². The first-order chi connectivity index (χ1) is 19.2. The highest BCUT2D eigenvalue weighted by atomic mass is 32.2. The van der Waals surface area contributed by atoms with E-state index in [1.165, 1.54) is 21.4 Å². The maximum absolute atomic E-state index is 13.9. The van der Waals surface area contributed by atoms with Gasteiger partial charge in [-0.2, -0.15) is 18.3 Å². The van der Waals surface area contributed by atoms with Crippen LogP contribution < -0.4 is 10.6 Å². The van der Waals surface area contributed by atoms with Crippen LogP contribution in [0.4, 0.5) is 19.1 Å². The van der Waals surface area contributed by atoms with Crippen LogP contribution in [0.2, 0.25) is 0 Å². The third-order valence-corrected chi connectivity index (χ3v) is 9.24. The van der Waals surface area contributed by atoms with Gasteiger partial charge >= 0.3 is 6.18 Å². The van der Waals surface area contributed by atoms with Gasteiger partial charge in [0.05, 0.1) is 22.8 Å². The van der Waals surface area contributed by atoms with Crippen molar-refractivity contribution in [2.75, 3.05) is 25.4 Å². The number of halogens is 3. The van der Waals surface area contributed by atoms with E-state index < -0.39 is 28.7 Å². The highest BCUT2D eigenvalue weighted by Crippen LogP contribution is 2.37. The van der Waals surface area contributed by atoms with Crippen LogP contribution in [-0.2, 0) is 22.7 Å². The summed E-state index contributed by atoms with van der Waals surface area (Å²) in [7, 11) is -3.27. The Morgan fingerprint density at radius 2 is 1.92 bits per heavy atom. The molecule has 2 aromatic heterocycles. The second-order valence-electron chi connectivity index (χ2n) is 9.66. The molecule has 3 aromatic rings. The fraction of sp³-hybridized carbons (Fsp3) is 0.480. The number of nitrogens with zero attached hydrogens (tertiary/aromatic N) is 5. The van der Waals surface area contributed by atoms with Gasteiger partial charge in [0.25, 0.3) is 0 Å². The van der Waals surface area contributed by atoms with Crippen molar-refractivity contribution in [2.45, 2.75) is 56.6 Å². The number of aromatic nitrogens is 4. The van der Waals surface area contributed by atoms with Gasteiger partial charge in [0.15, 0.2) is 0 Å². The molecule has 38 heavy (non-hydrogen) atoms. The van der Waals surface area contributed by atoms with Gasteiger partial charge in [0.2, 0.25) is 16.0 Å². The van der Waals surface area contributed by atoms with Gasteiger partial charge in [-0.15, -0.1) is 0 Å². The molecule has 5 rings (SSSR count). The Morgan fingerprint density at radius 1 is 1.16 bits per heavy atom. The maximum atomic E-state index is 13.9. The Morgan fingerprint density at radius 3 is 2.58 bits per heavy atom. The molecule has 1 saturated carbocycles. The second-order valence-corrected chi connectivity index (χ2v) is 11.9. The van der Waals surface area contributed by atoms with E-state index in [4.69, 9.17) is 4.11 Å². The molecule has 9 nitrogen and oxygen atoms in total. The second kappa shape index (κ2) is 10.3. The number of alkyl halides is 3. The minimum absolute atomic E-state index is 0.0199. The lowest BCUT2D eigenvalue weighted by atomic mass is 10.1. The molecule has 0 amide bonds. The van der Waals surface area contributed by atoms with Crippen molar-refractivity contribution in [2.24, 2.45) is 0 Å². The molecule has 0 spiro atoms. The summed E-state index contributed by atoms with van der Waals surface area (Å²) in [4.78, 5) is 8.12. The third-order valence-electron chi connectivity index (χ3n) is 6.84. The first-order valence-corrected chi connectivity index (χ1v) is 13.8. The van der Waals surface area contributed by atoms with E-state index in [1.807, 2.05) is 0 Å². The van der Waals surface area contributed by atoms with Crippen molar-refractivity contribution >= 4 is 16.0 Å². The summed E-state index contributed by atoms with van der Waals surface area (Å²) in [6.45, 7) is 0.314. The van der Waals surface area contributed by atoms with Gasteiger partial charge < -0.3 is 10.6 Å². The van der Waals surface area contributed by atoms with E-state index in [1.54, 1.807) is 25.1 Å². The standard InChI is InChI=1S/C25H30F3N7O2S/c1-16-11-17(12-29-2)3-6-22(16)35-15-18(13-31-35)23-21(25(26,27)28)14-30-24(33-23)32-19-7-9-34(10-8-19)38(36,37)20-4-5-20/h3,6,11,13-15,19-20,29H,4-5,7-10,12H2,1-2H3,(H,30,32,33)/i2D3. The van der Waals surface area contributed by atoms with E-state index in [2.05, 4.69) is 25.7 Å². The number of sulfonamides is 1. The quantitative estimate of drug-likeness (QED) is 0.439. The third kappa shape index (κ3) is 5.54. The Kier molecular flexibility index (Phi) is 6.19. The summed E-state index contributed by atoms with van der Waals surface area (Å²) >= 11 is 0. The predicted molar refractivity (Wildman–Crippen MR) is 137 cm³/mol. The van der Waals surface area contributed by atoms with Crippen LogP contribution in [0.5, 0.6) is 0 Å². The summed E-state index contributed by atoms with van der Waals surface area (Å²) in [5.41, 5.74) is 0.905. The molecule has 1 saturated heterocycles. The molecule has 13 heteroatoms. The molecular formula is C25H30F3N7O2S. The van der Waals surface area contributed by atoms with Crippen LogP contribution in [0, 0.1) is 6.92 Å². The predicted octanol–water partition coefficient (Wildman–Crippen LogP) is 3.74. The molecule has 2 N–H and O–H groups in total. The Hall–Kier alpha value is -3.03. The van der Waals surface area contributed by atoms with Crippen LogP contribution in [0.25, 0.3) is 16.9 Å².